The molecule has 0 aromatic rings. The maximum absolute atomic E-state index is 10.4. The highest BCUT2D eigenvalue weighted by Gasteiger charge is 2.48. The number of hydrogen-bond acceptors (Lipinski definition) is 4. The number of carboxylic acid groups (broad SMARTS) is 1. The molecule has 5 nitrogen and oxygen atoms in total. The summed E-state index contributed by atoms with van der Waals surface area (Å²) in [6.07, 6.45) is 10.4. The zero-order valence-corrected chi connectivity index (χ0v) is 14.1. The standard InChI is InChI=1S/C18H30O5/c1-2-3-4-5-10-21-12-14-15(17-9-8-16(14)23-17)13-22-11-6-7-18(19)20/h6-7,14-17H,2-5,8-13H2,1H3,(H,19,20)/t14-,15+,16-,17+/m1/s1. The van der Waals surface area contributed by atoms with Gasteiger partial charge in [0.2, 0.25) is 0 Å². The summed E-state index contributed by atoms with van der Waals surface area (Å²) < 4.78 is 17.5. The number of rotatable bonds is 12. The first-order chi connectivity index (χ1) is 11.2. The van der Waals surface area contributed by atoms with Crippen molar-refractivity contribution in [3.05, 3.63) is 12.2 Å². The molecule has 0 spiro atoms. The van der Waals surface area contributed by atoms with E-state index in [0.29, 0.717) is 31.2 Å². The molecule has 2 heterocycles. The molecule has 2 rings (SSSR count). The Morgan fingerprint density at radius 2 is 1.83 bits per heavy atom. The maximum atomic E-state index is 10.4. The average molecular weight is 326 g/mol. The Kier molecular flexibility index (Phi) is 8.06. The van der Waals surface area contributed by atoms with Gasteiger partial charge in [0.15, 0.2) is 0 Å². The summed E-state index contributed by atoms with van der Waals surface area (Å²) in [6.45, 7) is 4.76. The molecule has 0 radical (unpaired) electrons. The van der Waals surface area contributed by atoms with E-state index in [1.807, 2.05) is 0 Å². The van der Waals surface area contributed by atoms with Crippen molar-refractivity contribution in [2.75, 3.05) is 26.4 Å². The number of carboxylic acids is 1. The molecule has 23 heavy (non-hydrogen) atoms. The molecule has 0 aromatic heterocycles. The zero-order valence-electron chi connectivity index (χ0n) is 14.1. The minimum atomic E-state index is -0.939. The number of ether oxygens (including phenoxy) is 3. The van der Waals surface area contributed by atoms with E-state index in [1.165, 1.54) is 25.3 Å². The fourth-order valence-electron chi connectivity index (χ4n) is 3.60. The fourth-order valence-corrected chi connectivity index (χ4v) is 3.60. The van der Waals surface area contributed by atoms with Crippen LogP contribution in [-0.2, 0) is 19.0 Å². The molecule has 0 aromatic carbocycles. The van der Waals surface area contributed by atoms with Crippen molar-refractivity contribution in [3.8, 4) is 0 Å². The van der Waals surface area contributed by atoms with Crippen LogP contribution in [0.2, 0.25) is 0 Å². The number of aliphatic carboxylic acids is 1. The number of fused-ring (bicyclic) bond motifs is 2. The van der Waals surface area contributed by atoms with Crippen LogP contribution in [0.3, 0.4) is 0 Å². The SMILES string of the molecule is CCCCCCOC[C@@H]1[C@H](COCC=CC(=O)O)[C@@H]2CC[C@H]1O2. The van der Waals surface area contributed by atoms with Gasteiger partial charge in [-0.2, -0.15) is 0 Å². The van der Waals surface area contributed by atoms with Crippen LogP contribution in [0.15, 0.2) is 12.2 Å². The van der Waals surface area contributed by atoms with Crippen LogP contribution in [0.25, 0.3) is 0 Å². The Labute approximate surface area is 139 Å². The second-order valence-corrected chi connectivity index (χ2v) is 6.53. The first-order valence-electron chi connectivity index (χ1n) is 8.92. The van der Waals surface area contributed by atoms with Gasteiger partial charge in [-0.1, -0.05) is 32.3 Å². The predicted molar refractivity (Wildman–Crippen MR) is 87.4 cm³/mol. The minimum absolute atomic E-state index is 0.289. The van der Waals surface area contributed by atoms with Gasteiger partial charge >= 0.3 is 5.97 Å². The Balaban J connectivity index is 1.66. The Hall–Kier alpha value is -0.910. The van der Waals surface area contributed by atoms with Crippen molar-refractivity contribution in [1.29, 1.82) is 0 Å². The van der Waals surface area contributed by atoms with Crippen molar-refractivity contribution in [2.45, 2.75) is 57.7 Å². The molecule has 2 fully saturated rings. The van der Waals surface area contributed by atoms with E-state index in [4.69, 9.17) is 19.3 Å². The van der Waals surface area contributed by atoms with Crippen molar-refractivity contribution in [2.24, 2.45) is 11.8 Å². The third-order valence-corrected chi connectivity index (χ3v) is 4.83. The van der Waals surface area contributed by atoms with Gasteiger partial charge in [0.05, 0.1) is 32.0 Å². The quantitative estimate of drug-likeness (QED) is 0.441. The van der Waals surface area contributed by atoms with E-state index in [-0.39, 0.29) is 6.10 Å². The fraction of sp³-hybridized carbons (Fsp3) is 0.833. The molecule has 132 valence electrons. The highest BCUT2D eigenvalue weighted by atomic mass is 16.5. The molecule has 2 aliphatic heterocycles. The zero-order chi connectivity index (χ0) is 16.5. The first-order valence-corrected chi connectivity index (χ1v) is 8.92. The van der Waals surface area contributed by atoms with E-state index in [0.717, 1.165) is 38.6 Å². The van der Waals surface area contributed by atoms with E-state index in [9.17, 15) is 4.79 Å². The van der Waals surface area contributed by atoms with Gasteiger partial charge in [-0.15, -0.1) is 0 Å². The van der Waals surface area contributed by atoms with Crippen LogP contribution in [0.4, 0.5) is 0 Å². The van der Waals surface area contributed by atoms with Gasteiger partial charge in [0, 0.05) is 24.5 Å². The van der Waals surface area contributed by atoms with Gasteiger partial charge < -0.3 is 19.3 Å². The average Bonchev–Trinajstić information content (AvgIpc) is 3.12. The van der Waals surface area contributed by atoms with Crippen LogP contribution in [0.5, 0.6) is 0 Å². The highest BCUT2D eigenvalue weighted by Crippen LogP contribution is 2.43. The summed E-state index contributed by atoms with van der Waals surface area (Å²) in [6, 6.07) is 0. The molecule has 4 atom stereocenters. The Bertz CT molecular complexity index is 382. The van der Waals surface area contributed by atoms with Gasteiger partial charge in [-0.05, 0) is 19.3 Å². The second kappa shape index (κ2) is 10.1. The molecule has 0 unspecified atom stereocenters. The lowest BCUT2D eigenvalue weighted by molar-refractivity contribution is -0.131. The van der Waals surface area contributed by atoms with Gasteiger partial charge in [0.1, 0.15) is 0 Å². The van der Waals surface area contributed by atoms with Crippen LogP contribution in [0, 0.1) is 11.8 Å². The first kappa shape index (κ1) is 18.4. The summed E-state index contributed by atoms with van der Waals surface area (Å²) in [7, 11) is 0. The monoisotopic (exact) mass is 326 g/mol. The molecular formula is C18H30O5. The molecule has 2 aliphatic rings. The molecule has 0 saturated carbocycles. The Morgan fingerprint density at radius 3 is 2.48 bits per heavy atom. The predicted octanol–water partition coefficient (Wildman–Crippen LogP) is 3.03. The van der Waals surface area contributed by atoms with E-state index in [2.05, 4.69) is 6.92 Å². The van der Waals surface area contributed by atoms with Crippen molar-refractivity contribution in [1.82, 2.24) is 0 Å². The van der Waals surface area contributed by atoms with Crippen LogP contribution >= 0.6 is 0 Å². The van der Waals surface area contributed by atoms with Gasteiger partial charge in [0.25, 0.3) is 0 Å². The summed E-state index contributed by atoms with van der Waals surface area (Å²) >= 11 is 0. The molecule has 1 N–H and O–H groups in total. The molecule has 2 bridgehead atoms. The molecule has 5 heteroatoms. The molecular weight excluding hydrogens is 296 g/mol. The van der Waals surface area contributed by atoms with Gasteiger partial charge in [-0.3, -0.25) is 0 Å². The summed E-state index contributed by atoms with van der Waals surface area (Å²) in [5.41, 5.74) is 0. The summed E-state index contributed by atoms with van der Waals surface area (Å²) in [5.74, 6) is -0.141. The van der Waals surface area contributed by atoms with E-state index in [1.54, 1.807) is 0 Å². The van der Waals surface area contributed by atoms with Crippen LogP contribution in [0.1, 0.15) is 45.4 Å². The van der Waals surface area contributed by atoms with Crippen molar-refractivity contribution >= 4 is 5.97 Å². The number of unbranched alkanes of at least 4 members (excludes halogenated alkanes) is 3. The normalized spacial score (nSPS) is 29.6. The van der Waals surface area contributed by atoms with E-state index < -0.39 is 5.97 Å². The summed E-state index contributed by atoms with van der Waals surface area (Å²) in [5, 5.41) is 8.55. The Morgan fingerprint density at radius 1 is 1.13 bits per heavy atom. The maximum Gasteiger partial charge on any atom is 0.328 e. The number of carbonyl (C=O) groups is 1. The second-order valence-electron chi connectivity index (χ2n) is 6.53. The van der Waals surface area contributed by atoms with Gasteiger partial charge in [-0.25, -0.2) is 4.79 Å². The van der Waals surface area contributed by atoms with Crippen LogP contribution in [-0.4, -0.2) is 49.7 Å². The lowest BCUT2D eigenvalue weighted by atomic mass is 9.80. The van der Waals surface area contributed by atoms with E-state index >= 15 is 0 Å². The lowest BCUT2D eigenvalue weighted by Crippen LogP contribution is -2.34. The minimum Gasteiger partial charge on any atom is -0.478 e. The lowest BCUT2D eigenvalue weighted by Gasteiger charge is -2.27. The highest BCUT2D eigenvalue weighted by molar-refractivity contribution is 5.79. The van der Waals surface area contributed by atoms with Crippen molar-refractivity contribution < 1.29 is 24.1 Å². The third kappa shape index (κ3) is 5.90. The summed E-state index contributed by atoms with van der Waals surface area (Å²) in [4.78, 5) is 10.4. The molecule has 2 saturated heterocycles. The molecule has 0 amide bonds. The van der Waals surface area contributed by atoms with Crippen molar-refractivity contribution in [3.63, 3.8) is 0 Å². The largest absolute Gasteiger partial charge is 0.478 e. The smallest absolute Gasteiger partial charge is 0.328 e. The van der Waals surface area contributed by atoms with Crippen LogP contribution < -0.4 is 0 Å². The molecule has 0 aliphatic carbocycles. The third-order valence-electron chi connectivity index (χ3n) is 4.83. The topological polar surface area (TPSA) is 65.0 Å². The number of hydrogen-bond donors (Lipinski definition) is 1.